The standard InChI is InChI=1S/C15H19N5OS/c1-3-6-11-7-5-8-12(13(11)21)10-16-18-14-17-15(20-19-14)22-9-4-2/h3,5,7-8,10,21H,1,4,6,9H2,2H3,(H2,17,18,19,20)/b16-10+. The van der Waals surface area contributed by atoms with E-state index in [9.17, 15) is 5.11 Å². The van der Waals surface area contributed by atoms with Gasteiger partial charge in [0.05, 0.1) is 6.21 Å². The highest BCUT2D eigenvalue weighted by molar-refractivity contribution is 7.99. The first-order chi connectivity index (χ1) is 10.7. The fraction of sp³-hybridized carbons (Fsp3) is 0.267. The van der Waals surface area contributed by atoms with Gasteiger partial charge in [-0.1, -0.05) is 36.9 Å². The minimum absolute atomic E-state index is 0.213. The molecular weight excluding hydrogens is 298 g/mol. The summed E-state index contributed by atoms with van der Waals surface area (Å²) in [6, 6.07) is 5.51. The Kier molecular flexibility index (Phi) is 6.02. The number of benzene rings is 1. The van der Waals surface area contributed by atoms with E-state index in [0.29, 0.717) is 23.1 Å². The van der Waals surface area contributed by atoms with Crippen LogP contribution in [0.1, 0.15) is 24.5 Å². The Balaban J connectivity index is 1.99. The number of aromatic amines is 1. The van der Waals surface area contributed by atoms with Gasteiger partial charge < -0.3 is 5.11 Å². The Bertz CT molecular complexity index is 653. The number of allylic oxidation sites excluding steroid dienone is 1. The van der Waals surface area contributed by atoms with E-state index in [1.54, 1.807) is 30.1 Å². The van der Waals surface area contributed by atoms with Crippen LogP contribution in [0.2, 0.25) is 0 Å². The third kappa shape index (κ3) is 4.36. The van der Waals surface area contributed by atoms with E-state index in [1.165, 1.54) is 0 Å². The molecule has 0 fully saturated rings. The number of hydrazone groups is 1. The maximum absolute atomic E-state index is 10.1. The molecule has 6 nitrogen and oxygen atoms in total. The third-order valence-electron chi connectivity index (χ3n) is 2.79. The van der Waals surface area contributed by atoms with Gasteiger partial charge in [-0.3, -0.25) is 0 Å². The summed E-state index contributed by atoms with van der Waals surface area (Å²) in [4.78, 5) is 4.24. The van der Waals surface area contributed by atoms with Crippen molar-refractivity contribution < 1.29 is 5.11 Å². The molecule has 0 unspecified atom stereocenters. The van der Waals surface area contributed by atoms with Crippen molar-refractivity contribution >= 4 is 23.9 Å². The topological polar surface area (TPSA) is 86.2 Å². The van der Waals surface area contributed by atoms with Gasteiger partial charge in [-0.15, -0.1) is 11.7 Å². The minimum Gasteiger partial charge on any atom is -0.507 e. The van der Waals surface area contributed by atoms with Crippen molar-refractivity contribution in [1.29, 1.82) is 0 Å². The maximum Gasteiger partial charge on any atom is 0.240 e. The van der Waals surface area contributed by atoms with Crippen LogP contribution in [-0.2, 0) is 6.42 Å². The van der Waals surface area contributed by atoms with Gasteiger partial charge in [0.15, 0.2) is 0 Å². The highest BCUT2D eigenvalue weighted by Gasteiger charge is 2.04. The lowest BCUT2D eigenvalue weighted by molar-refractivity contribution is 0.469. The number of rotatable bonds is 8. The first kappa shape index (κ1) is 16.1. The molecular formula is C15H19N5OS. The van der Waals surface area contributed by atoms with E-state index < -0.39 is 0 Å². The van der Waals surface area contributed by atoms with Gasteiger partial charge >= 0.3 is 0 Å². The molecule has 0 aliphatic carbocycles. The molecule has 0 saturated heterocycles. The number of thioether (sulfide) groups is 1. The van der Waals surface area contributed by atoms with Gasteiger partial charge in [-0.25, -0.2) is 10.5 Å². The SMILES string of the molecule is C=CCc1cccc(/C=N/Nc2nc(SCCC)n[nH]2)c1O. The van der Waals surface area contributed by atoms with Gasteiger partial charge in [-0.05, 0) is 24.5 Å². The highest BCUT2D eigenvalue weighted by Crippen LogP contribution is 2.21. The Morgan fingerprint density at radius 1 is 1.50 bits per heavy atom. The van der Waals surface area contributed by atoms with Crippen molar-refractivity contribution in [3.8, 4) is 5.75 Å². The van der Waals surface area contributed by atoms with Crippen molar-refractivity contribution in [2.45, 2.75) is 24.9 Å². The normalized spacial score (nSPS) is 11.0. The number of phenols is 1. The van der Waals surface area contributed by atoms with E-state index in [0.717, 1.165) is 17.7 Å². The van der Waals surface area contributed by atoms with Crippen molar-refractivity contribution in [2.75, 3.05) is 11.2 Å². The molecule has 0 atom stereocenters. The number of para-hydroxylation sites is 1. The number of H-pyrrole nitrogens is 1. The van der Waals surface area contributed by atoms with Crippen LogP contribution in [0.3, 0.4) is 0 Å². The molecule has 22 heavy (non-hydrogen) atoms. The summed E-state index contributed by atoms with van der Waals surface area (Å²) in [6.45, 7) is 5.78. The predicted octanol–water partition coefficient (Wildman–Crippen LogP) is 3.19. The number of aromatic nitrogens is 3. The first-order valence-electron chi connectivity index (χ1n) is 7.00. The second-order valence-electron chi connectivity index (χ2n) is 4.53. The molecule has 0 radical (unpaired) electrons. The van der Waals surface area contributed by atoms with E-state index in [-0.39, 0.29) is 5.75 Å². The molecule has 0 spiro atoms. The second kappa shape index (κ2) is 8.23. The fourth-order valence-corrected chi connectivity index (χ4v) is 2.41. The number of aromatic hydroxyl groups is 1. The van der Waals surface area contributed by atoms with Crippen LogP contribution in [0.5, 0.6) is 5.75 Å². The van der Waals surface area contributed by atoms with Crippen LogP contribution >= 0.6 is 11.8 Å². The number of phenolic OH excluding ortho intramolecular Hbond substituents is 1. The highest BCUT2D eigenvalue weighted by atomic mass is 32.2. The summed E-state index contributed by atoms with van der Waals surface area (Å²) in [5, 5.41) is 21.7. The summed E-state index contributed by atoms with van der Waals surface area (Å²) in [5.74, 6) is 1.66. The molecule has 7 heteroatoms. The molecule has 1 aromatic heterocycles. The van der Waals surface area contributed by atoms with Gasteiger partial charge in [0.2, 0.25) is 11.1 Å². The molecule has 0 bridgehead atoms. The zero-order valence-electron chi connectivity index (χ0n) is 12.4. The molecule has 1 aromatic carbocycles. The number of anilines is 1. The predicted molar refractivity (Wildman–Crippen MR) is 90.6 cm³/mol. The van der Waals surface area contributed by atoms with Gasteiger partial charge in [0, 0.05) is 11.3 Å². The molecule has 1 heterocycles. The van der Waals surface area contributed by atoms with Crippen LogP contribution in [0, 0.1) is 0 Å². The van der Waals surface area contributed by atoms with Crippen LogP contribution < -0.4 is 5.43 Å². The quantitative estimate of drug-likeness (QED) is 0.301. The molecule has 2 aromatic rings. The second-order valence-corrected chi connectivity index (χ2v) is 5.59. The lowest BCUT2D eigenvalue weighted by atomic mass is 10.1. The van der Waals surface area contributed by atoms with Crippen molar-refractivity contribution in [3.63, 3.8) is 0 Å². The summed E-state index contributed by atoms with van der Waals surface area (Å²) >= 11 is 1.59. The molecule has 0 aliphatic rings. The van der Waals surface area contributed by atoms with E-state index in [4.69, 9.17) is 0 Å². The lowest BCUT2D eigenvalue weighted by Crippen LogP contribution is -1.94. The summed E-state index contributed by atoms with van der Waals surface area (Å²) in [7, 11) is 0. The van der Waals surface area contributed by atoms with E-state index in [2.05, 4.69) is 39.2 Å². The van der Waals surface area contributed by atoms with Crippen molar-refractivity contribution in [2.24, 2.45) is 5.10 Å². The number of hydrogen-bond donors (Lipinski definition) is 3. The average Bonchev–Trinajstić information content (AvgIpc) is 2.97. The average molecular weight is 317 g/mol. The molecule has 116 valence electrons. The van der Waals surface area contributed by atoms with Crippen LogP contribution in [0.4, 0.5) is 5.95 Å². The Labute approximate surface area is 133 Å². The zero-order chi connectivity index (χ0) is 15.8. The van der Waals surface area contributed by atoms with Crippen LogP contribution in [0.25, 0.3) is 0 Å². The molecule has 0 saturated carbocycles. The molecule has 2 rings (SSSR count). The molecule has 3 N–H and O–H groups in total. The fourth-order valence-electron chi connectivity index (χ4n) is 1.75. The van der Waals surface area contributed by atoms with Gasteiger partial charge in [0.25, 0.3) is 0 Å². The number of nitrogens with zero attached hydrogens (tertiary/aromatic N) is 3. The first-order valence-corrected chi connectivity index (χ1v) is 7.99. The minimum atomic E-state index is 0.213. The summed E-state index contributed by atoms with van der Waals surface area (Å²) < 4.78 is 0. The number of nitrogens with one attached hydrogen (secondary N) is 2. The number of hydrogen-bond acceptors (Lipinski definition) is 6. The maximum atomic E-state index is 10.1. The lowest BCUT2D eigenvalue weighted by Gasteiger charge is -2.04. The van der Waals surface area contributed by atoms with Crippen LogP contribution in [0.15, 0.2) is 41.1 Å². The van der Waals surface area contributed by atoms with E-state index in [1.807, 2.05) is 12.1 Å². The Morgan fingerprint density at radius 3 is 3.14 bits per heavy atom. The largest absolute Gasteiger partial charge is 0.507 e. The van der Waals surface area contributed by atoms with Gasteiger partial charge in [0.1, 0.15) is 5.75 Å². The summed E-state index contributed by atoms with van der Waals surface area (Å²) in [5.41, 5.74) is 4.21. The van der Waals surface area contributed by atoms with Crippen molar-refractivity contribution in [1.82, 2.24) is 15.2 Å². The molecule has 0 aliphatic heterocycles. The Morgan fingerprint density at radius 2 is 2.36 bits per heavy atom. The van der Waals surface area contributed by atoms with Crippen molar-refractivity contribution in [3.05, 3.63) is 42.0 Å². The Hall–Kier alpha value is -2.28. The van der Waals surface area contributed by atoms with E-state index >= 15 is 0 Å². The monoisotopic (exact) mass is 317 g/mol. The molecule has 0 amide bonds. The zero-order valence-corrected chi connectivity index (χ0v) is 13.2. The smallest absolute Gasteiger partial charge is 0.240 e. The summed E-state index contributed by atoms with van der Waals surface area (Å²) in [6.07, 6.45) is 4.98. The third-order valence-corrected chi connectivity index (χ3v) is 3.84. The van der Waals surface area contributed by atoms with Crippen LogP contribution in [-0.4, -0.2) is 32.3 Å². The van der Waals surface area contributed by atoms with Gasteiger partial charge in [-0.2, -0.15) is 10.1 Å².